The Balaban J connectivity index is 2.62. The lowest BCUT2D eigenvalue weighted by Crippen LogP contribution is -1.98. The van der Waals surface area contributed by atoms with Crippen LogP contribution in [0.4, 0.5) is 0 Å². The van der Waals surface area contributed by atoms with Crippen LogP contribution in [0.5, 0.6) is 0 Å². The van der Waals surface area contributed by atoms with Crippen molar-refractivity contribution in [2.75, 3.05) is 0 Å². The molecule has 2 rings (SSSR count). The molecule has 2 aromatic heterocycles. The number of pyridine rings is 1. The molecule has 0 unspecified atom stereocenters. The summed E-state index contributed by atoms with van der Waals surface area (Å²) in [5.41, 5.74) is -0.00426. The lowest BCUT2D eigenvalue weighted by atomic mass is 10.2. The molecule has 0 saturated heterocycles. The third-order valence-electron chi connectivity index (χ3n) is 1.97. The van der Waals surface area contributed by atoms with Crippen LogP contribution in [-0.2, 0) is 0 Å². The smallest absolute Gasteiger partial charge is 0.354 e. The summed E-state index contributed by atoms with van der Waals surface area (Å²) >= 11 is 1.32. The van der Waals surface area contributed by atoms with Crippen LogP contribution in [0.25, 0.3) is 10.1 Å². The van der Waals surface area contributed by atoms with Gasteiger partial charge in [0.15, 0.2) is 5.78 Å². The highest BCUT2D eigenvalue weighted by Gasteiger charge is 2.09. The van der Waals surface area contributed by atoms with Crippen LogP contribution < -0.4 is 0 Å². The number of aromatic nitrogens is 1. The monoisotopic (exact) mass is 221 g/mol. The van der Waals surface area contributed by atoms with E-state index < -0.39 is 5.97 Å². The Morgan fingerprint density at radius 3 is 2.73 bits per heavy atom. The van der Waals surface area contributed by atoms with Gasteiger partial charge < -0.3 is 5.11 Å². The predicted octanol–water partition coefficient (Wildman–Crippen LogP) is 2.20. The minimum Gasteiger partial charge on any atom is -0.477 e. The maximum atomic E-state index is 11.1. The molecule has 0 saturated carbocycles. The number of aromatic carboxylic acids is 1. The Hall–Kier alpha value is -1.75. The maximum Gasteiger partial charge on any atom is 0.354 e. The molecule has 0 fully saturated rings. The van der Waals surface area contributed by atoms with Crippen molar-refractivity contribution in [1.29, 1.82) is 0 Å². The summed E-state index contributed by atoms with van der Waals surface area (Å²) in [4.78, 5) is 26.2. The molecule has 4 nitrogen and oxygen atoms in total. The van der Waals surface area contributed by atoms with Crippen molar-refractivity contribution >= 4 is 33.2 Å². The first-order valence-corrected chi connectivity index (χ1v) is 5.03. The van der Waals surface area contributed by atoms with E-state index in [0.29, 0.717) is 4.88 Å². The van der Waals surface area contributed by atoms with E-state index in [4.69, 9.17) is 5.11 Å². The summed E-state index contributed by atoms with van der Waals surface area (Å²) in [6, 6.07) is 3.16. The molecular formula is C10H7NO3S. The number of carbonyl (C=O) groups is 2. The fraction of sp³-hybridized carbons (Fsp3) is 0.100. The molecule has 0 aliphatic rings. The average Bonchev–Trinajstić information content (AvgIpc) is 2.59. The first-order chi connectivity index (χ1) is 7.08. The van der Waals surface area contributed by atoms with Gasteiger partial charge in [-0.3, -0.25) is 4.79 Å². The summed E-state index contributed by atoms with van der Waals surface area (Å²) in [6.07, 6.45) is 1.48. The van der Waals surface area contributed by atoms with Crippen molar-refractivity contribution in [3.8, 4) is 0 Å². The van der Waals surface area contributed by atoms with E-state index in [-0.39, 0.29) is 11.5 Å². The van der Waals surface area contributed by atoms with Crippen molar-refractivity contribution in [2.24, 2.45) is 0 Å². The third kappa shape index (κ3) is 1.73. The fourth-order valence-corrected chi connectivity index (χ4v) is 2.14. The van der Waals surface area contributed by atoms with Crippen molar-refractivity contribution in [3.05, 3.63) is 28.9 Å². The summed E-state index contributed by atoms with van der Waals surface area (Å²) < 4.78 is 0.824. The second-order valence-corrected chi connectivity index (χ2v) is 4.16. The van der Waals surface area contributed by atoms with E-state index in [1.165, 1.54) is 30.5 Å². The highest BCUT2D eigenvalue weighted by molar-refractivity contribution is 7.20. The predicted molar refractivity (Wildman–Crippen MR) is 56.6 cm³/mol. The van der Waals surface area contributed by atoms with Gasteiger partial charge in [-0.15, -0.1) is 11.3 Å². The van der Waals surface area contributed by atoms with Crippen molar-refractivity contribution in [1.82, 2.24) is 4.98 Å². The number of fused-ring (bicyclic) bond motifs is 1. The number of carboxylic acid groups (broad SMARTS) is 1. The lowest BCUT2D eigenvalue weighted by molar-refractivity contribution is 0.0690. The number of rotatable bonds is 2. The molecule has 0 bridgehead atoms. The lowest BCUT2D eigenvalue weighted by Gasteiger charge is -1.91. The molecule has 1 N–H and O–H groups in total. The van der Waals surface area contributed by atoms with Crippen LogP contribution in [0.15, 0.2) is 18.3 Å². The van der Waals surface area contributed by atoms with Gasteiger partial charge in [-0.2, -0.15) is 0 Å². The fourth-order valence-electron chi connectivity index (χ4n) is 1.24. The van der Waals surface area contributed by atoms with E-state index >= 15 is 0 Å². The van der Waals surface area contributed by atoms with Gasteiger partial charge in [-0.25, -0.2) is 9.78 Å². The first kappa shape index (κ1) is 9.79. The number of carboxylic acids is 1. The van der Waals surface area contributed by atoms with E-state index in [2.05, 4.69) is 4.98 Å². The second-order valence-electron chi connectivity index (χ2n) is 3.08. The zero-order chi connectivity index (χ0) is 11.0. The maximum absolute atomic E-state index is 11.1. The van der Waals surface area contributed by atoms with E-state index in [1.54, 1.807) is 6.07 Å². The molecule has 0 aliphatic heterocycles. The molecule has 76 valence electrons. The van der Waals surface area contributed by atoms with Crippen LogP contribution in [0.2, 0.25) is 0 Å². The third-order valence-corrected chi connectivity index (χ3v) is 3.16. The van der Waals surface area contributed by atoms with Crippen LogP contribution in [-0.4, -0.2) is 21.8 Å². The molecule has 2 aromatic rings. The molecule has 15 heavy (non-hydrogen) atoms. The second kappa shape index (κ2) is 3.43. The minimum absolute atomic E-state index is 0.00426. The topological polar surface area (TPSA) is 67.3 Å². The molecule has 0 amide bonds. The van der Waals surface area contributed by atoms with Gasteiger partial charge in [0.2, 0.25) is 0 Å². The van der Waals surface area contributed by atoms with Gasteiger partial charge in [0.25, 0.3) is 0 Å². The SMILES string of the molecule is CC(=O)c1cc2cc(C(=O)O)ncc2s1. The van der Waals surface area contributed by atoms with Gasteiger partial charge >= 0.3 is 5.97 Å². The molecule has 0 atom stereocenters. The molecule has 0 spiro atoms. The van der Waals surface area contributed by atoms with Crippen LogP contribution in [0.3, 0.4) is 0 Å². The zero-order valence-electron chi connectivity index (χ0n) is 7.85. The number of hydrogen-bond donors (Lipinski definition) is 1. The molecule has 0 aromatic carbocycles. The number of ketones is 1. The number of Topliss-reactive ketones (excluding diaryl/α,β-unsaturated/α-hetero) is 1. The molecule has 5 heteroatoms. The van der Waals surface area contributed by atoms with E-state index in [0.717, 1.165) is 10.1 Å². The van der Waals surface area contributed by atoms with Crippen molar-refractivity contribution < 1.29 is 14.7 Å². The van der Waals surface area contributed by atoms with Crippen LogP contribution in [0, 0.1) is 0 Å². The largest absolute Gasteiger partial charge is 0.477 e. The van der Waals surface area contributed by atoms with Gasteiger partial charge in [-0.1, -0.05) is 0 Å². The van der Waals surface area contributed by atoms with Crippen LogP contribution >= 0.6 is 11.3 Å². The van der Waals surface area contributed by atoms with Crippen molar-refractivity contribution in [3.63, 3.8) is 0 Å². The molecule has 0 aliphatic carbocycles. The Kier molecular flexibility index (Phi) is 2.24. The van der Waals surface area contributed by atoms with Crippen molar-refractivity contribution in [2.45, 2.75) is 6.92 Å². The Labute approximate surface area is 89.2 Å². The molecule has 2 heterocycles. The van der Waals surface area contributed by atoms with Gasteiger partial charge in [0.1, 0.15) is 5.69 Å². The Morgan fingerprint density at radius 2 is 2.13 bits per heavy atom. The summed E-state index contributed by atoms with van der Waals surface area (Å²) in [5.74, 6) is -1.08. The number of carbonyl (C=O) groups excluding carboxylic acids is 1. The quantitative estimate of drug-likeness (QED) is 0.789. The highest BCUT2D eigenvalue weighted by atomic mass is 32.1. The van der Waals surface area contributed by atoms with Crippen LogP contribution in [0.1, 0.15) is 27.1 Å². The van der Waals surface area contributed by atoms with Gasteiger partial charge in [0, 0.05) is 6.20 Å². The normalized spacial score (nSPS) is 10.5. The number of hydrogen-bond acceptors (Lipinski definition) is 4. The first-order valence-electron chi connectivity index (χ1n) is 4.22. The van der Waals surface area contributed by atoms with Gasteiger partial charge in [-0.05, 0) is 24.4 Å². The Morgan fingerprint density at radius 1 is 1.40 bits per heavy atom. The summed E-state index contributed by atoms with van der Waals surface area (Å²) in [5, 5.41) is 9.48. The van der Waals surface area contributed by atoms with E-state index in [9.17, 15) is 9.59 Å². The molecule has 0 radical (unpaired) electrons. The van der Waals surface area contributed by atoms with Gasteiger partial charge in [0.05, 0.1) is 9.58 Å². The number of thiophene rings is 1. The summed E-state index contributed by atoms with van der Waals surface area (Å²) in [6.45, 7) is 1.48. The number of nitrogens with zero attached hydrogens (tertiary/aromatic N) is 1. The zero-order valence-corrected chi connectivity index (χ0v) is 8.67. The summed E-state index contributed by atoms with van der Waals surface area (Å²) in [7, 11) is 0. The Bertz CT molecular complexity index is 547. The molecular weight excluding hydrogens is 214 g/mol. The highest BCUT2D eigenvalue weighted by Crippen LogP contribution is 2.25. The average molecular weight is 221 g/mol. The minimum atomic E-state index is -1.06. The standard InChI is InChI=1S/C10H7NO3S/c1-5(12)8-3-6-2-7(10(13)14)11-4-9(6)15-8/h2-4H,1H3,(H,13,14). The van der Waals surface area contributed by atoms with E-state index in [1.807, 2.05) is 0 Å².